The number of nitrogens with zero attached hydrogens (tertiary/aromatic N) is 2. The van der Waals surface area contributed by atoms with E-state index in [1.54, 1.807) is 0 Å². The van der Waals surface area contributed by atoms with Crippen LogP contribution in [0.2, 0.25) is 0 Å². The van der Waals surface area contributed by atoms with Gasteiger partial charge in [-0.1, -0.05) is 13.3 Å². The van der Waals surface area contributed by atoms with Crippen molar-refractivity contribution in [2.75, 3.05) is 24.3 Å². The minimum atomic E-state index is 0.520. The summed E-state index contributed by atoms with van der Waals surface area (Å²) in [6.45, 7) is 3.25. The lowest BCUT2D eigenvalue weighted by Gasteiger charge is -2.19. The minimum Gasteiger partial charge on any atom is -0.486 e. The number of rotatable bonds is 4. The Morgan fingerprint density at radius 3 is 2.81 bits per heavy atom. The van der Waals surface area contributed by atoms with Gasteiger partial charge in [-0.2, -0.15) is 0 Å². The van der Waals surface area contributed by atoms with E-state index in [1.165, 1.54) is 6.33 Å². The van der Waals surface area contributed by atoms with Crippen molar-refractivity contribution in [2.45, 2.75) is 19.8 Å². The van der Waals surface area contributed by atoms with Gasteiger partial charge in [0.15, 0.2) is 11.5 Å². The van der Waals surface area contributed by atoms with Crippen LogP contribution in [0.25, 0.3) is 0 Å². The first-order valence-corrected chi connectivity index (χ1v) is 7.04. The molecule has 2 aromatic rings. The molecular weight excluding hydrogens is 268 g/mol. The number of benzene rings is 1. The Labute approximate surface area is 123 Å². The monoisotopic (exact) mass is 286 g/mol. The fourth-order valence-electron chi connectivity index (χ4n) is 2.29. The van der Waals surface area contributed by atoms with E-state index in [0.29, 0.717) is 19.0 Å². The molecule has 0 amide bonds. The van der Waals surface area contributed by atoms with Gasteiger partial charge in [-0.3, -0.25) is 0 Å². The van der Waals surface area contributed by atoms with Gasteiger partial charge in [0.05, 0.1) is 0 Å². The highest BCUT2D eigenvalue weighted by Gasteiger charge is 2.13. The second-order valence-electron chi connectivity index (χ2n) is 4.82. The Balaban J connectivity index is 1.88. The summed E-state index contributed by atoms with van der Waals surface area (Å²) in [7, 11) is 0. The second-order valence-corrected chi connectivity index (χ2v) is 4.82. The van der Waals surface area contributed by atoms with E-state index in [0.717, 1.165) is 41.4 Å². The van der Waals surface area contributed by atoms with Crippen LogP contribution in [0.4, 0.5) is 17.3 Å². The molecule has 1 aromatic carbocycles. The van der Waals surface area contributed by atoms with Crippen LogP contribution in [0.3, 0.4) is 0 Å². The van der Waals surface area contributed by atoms with Crippen molar-refractivity contribution in [1.29, 1.82) is 0 Å². The first-order chi connectivity index (χ1) is 10.3. The van der Waals surface area contributed by atoms with Gasteiger partial charge in [0, 0.05) is 17.3 Å². The van der Waals surface area contributed by atoms with E-state index in [2.05, 4.69) is 22.2 Å². The van der Waals surface area contributed by atoms with Crippen LogP contribution < -0.4 is 20.5 Å². The number of fused-ring (bicyclic) bond motifs is 1. The Hall–Kier alpha value is -2.50. The quantitative estimate of drug-likeness (QED) is 0.898. The lowest BCUT2D eigenvalue weighted by atomic mass is 10.1. The zero-order valence-electron chi connectivity index (χ0n) is 11.9. The summed E-state index contributed by atoms with van der Waals surface area (Å²) in [5, 5.41) is 3.28. The van der Waals surface area contributed by atoms with E-state index in [9.17, 15) is 0 Å². The molecule has 6 heteroatoms. The number of nitrogen functional groups attached to an aromatic ring is 1. The van der Waals surface area contributed by atoms with Gasteiger partial charge in [-0.25, -0.2) is 9.97 Å². The Kier molecular flexibility index (Phi) is 3.77. The van der Waals surface area contributed by atoms with E-state index >= 15 is 0 Å². The highest BCUT2D eigenvalue weighted by atomic mass is 16.6. The number of ether oxygens (including phenoxy) is 2. The molecule has 6 nitrogen and oxygen atoms in total. The third kappa shape index (κ3) is 2.84. The van der Waals surface area contributed by atoms with Crippen LogP contribution in [0.1, 0.15) is 18.9 Å². The molecule has 1 aliphatic heterocycles. The molecule has 0 saturated heterocycles. The second kappa shape index (κ2) is 5.87. The van der Waals surface area contributed by atoms with E-state index < -0.39 is 0 Å². The van der Waals surface area contributed by atoms with Gasteiger partial charge in [-0.15, -0.1) is 0 Å². The average Bonchev–Trinajstić information content (AvgIpc) is 2.51. The number of hydrogen-bond donors (Lipinski definition) is 2. The van der Waals surface area contributed by atoms with Crippen LogP contribution in [0.15, 0.2) is 24.5 Å². The molecular formula is C15H18N4O2. The van der Waals surface area contributed by atoms with Crippen molar-refractivity contribution in [3.8, 4) is 11.5 Å². The Morgan fingerprint density at radius 2 is 2.00 bits per heavy atom. The highest BCUT2D eigenvalue weighted by molar-refractivity contribution is 5.66. The smallest absolute Gasteiger partial charge is 0.163 e. The fraction of sp³-hybridized carbons (Fsp3) is 0.333. The zero-order chi connectivity index (χ0) is 14.7. The standard InChI is InChI=1S/C15H18N4O2/c1-2-3-11-14(16)17-9-18-15(11)19-10-4-5-12-13(8-10)21-7-6-20-12/h4-5,8-9H,2-3,6-7H2,1H3,(H3,16,17,18,19). The molecule has 0 radical (unpaired) electrons. The number of anilines is 3. The van der Waals surface area contributed by atoms with Gasteiger partial charge in [0.1, 0.15) is 31.2 Å². The molecule has 0 atom stereocenters. The van der Waals surface area contributed by atoms with E-state index in [-0.39, 0.29) is 0 Å². The summed E-state index contributed by atoms with van der Waals surface area (Å²) < 4.78 is 11.1. The van der Waals surface area contributed by atoms with E-state index in [4.69, 9.17) is 15.2 Å². The van der Waals surface area contributed by atoms with Gasteiger partial charge in [0.2, 0.25) is 0 Å². The van der Waals surface area contributed by atoms with Gasteiger partial charge >= 0.3 is 0 Å². The molecule has 0 bridgehead atoms. The van der Waals surface area contributed by atoms with Gasteiger partial charge < -0.3 is 20.5 Å². The molecule has 0 saturated carbocycles. The maximum Gasteiger partial charge on any atom is 0.163 e. The predicted molar refractivity (Wildman–Crippen MR) is 81.2 cm³/mol. The summed E-state index contributed by atoms with van der Waals surface area (Å²) in [6.07, 6.45) is 3.28. The van der Waals surface area contributed by atoms with Crippen LogP contribution in [-0.2, 0) is 6.42 Å². The van der Waals surface area contributed by atoms with Crippen LogP contribution in [0, 0.1) is 0 Å². The minimum absolute atomic E-state index is 0.520. The third-order valence-electron chi connectivity index (χ3n) is 3.28. The summed E-state index contributed by atoms with van der Waals surface area (Å²) in [6, 6.07) is 5.73. The molecule has 0 fully saturated rings. The molecule has 0 spiro atoms. The number of nitrogens with one attached hydrogen (secondary N) is 1. The molecule has 0 aliphatic carbocycles. The van der Waals surface area contributed by atoms with Crippen molar-refractivity contribution in [3.63, 3.8) is 0 Å². The number of nitrogens with two attached hydrogens (primary N) is 1. The predicted octanol–water partition coefficient (Wildman–Crippen LogP) is 2.53. The summed E-state index contributed by atoms with van der Waals surface area (Å²) >= 11 is 0. The molecule has 21 heavy (non-hydrogen) atoms. The molecule has 3 N–H and O–H groups in total. The lowest BCUT2D eigenvalue weighted by Crippen LogP contribution is -2.15. The third-order valence-corrected chi connectivity index (χ3v) is 3.28. The normalized spacial score (nSPS) is 13.0. The Morgan fingerprint density at radius 1 is 1.19 bits per heavy atom. The SMILES string of the molecule is CCCc1c(N)ncnc1Nc1ccc2c(c1)OCCO2. The molecule has 1 aromatic heterocycles. The topological polar surface area (TPSA) is 82.3 Å². The fourth-order valence-corrected chi connectivity index (χ4v) is 2.29. The maximum atomic E-state index is 5.94. The first-order valence-electron chi connectivity index (χ1n) is 7.04. The highest BCUT2D eigenvalue weighted by Crippen LogP contribution is 2.34. The van der Waals surface area contributed by atoms with Gasteiger partial charge in [-0.05, 0) is 18.6 Å². The first kappa shape index (κ1) is 13.5. The molecule has 110 valence electrons. The molecule has 0 unspecified atom stereocenters. The van der Waals surface area contributed by atoms with Crippen molar-refractivity contribution < 1.29 is 9.47 Å². The summed E-state index contributed by atoms with van der Waals surface area (Å²) in [5.74, 6) is 2.76. The van der Waals surface area contributed by atoms with Crippen LogP contribution >= 0.6 is 0 Å². The summed E-state index contributed by atoms with van der Waals surface area (Å²) in [4.78, 5) is 8.34. The molecule has 1 aliphatic rings. The lowest BCUT2D eigenvalue weighted by molar-refractivity contribution is 0.171. The van der Waals surface area contributed by atoms with E-state index in [1.807, 2.05) is 18.2 Å². The molecule has 2 heterocycles. The van der Waals surface area contributed by atoms with Crippen molar-refractivity contribution in [2.24, 2.45) is 0 Å². The maximum absolute atomic E-state index is 5.94. The van der Waals surface area contributed by atoms with Crippen LogP contribution in [-0.4, -0.2) is 23.2 Å². The molecule has 3 rings (SSSR count). The van der Waals surface area contributed by atoms with Crippen LogP contribution in [0.5, 0.6) is 11.5 Å². The number of hydrogen-bond acceptors (Lipinski definition) is 6. The van der Waals surface area contributed by atoms with Gasteiger partial charge in [0.25, 0.3) is 0 Å². The zero-order valence-corrected chi connectivity index (χ0v) is 11.9. The average molecular weight is 286 g/mol. The Bertz CT molecular complexity index is 646. The van der Waals surface area contributed by atoms with Crippen molar-refractivity contribution >= 4 is 17.3 Å². The largest absolute Gasteiger partial charge is 0.486 e. The van der Waals surface area contributed by atoms with Crippen molar-refractivity contribution in [3.05, 3.63) is 30.1 Å². The van der Waals surface area contributed by atoms with Crippen molar-refractivity contribution in [1.82, 2.24) is 9.97 Å². The summed E-state index contributed by atoms with van der Waals surface area (Å²) in [5.41, 5.74) is 7.76. The number of aromatic nitrogens is 2.